The molecule has 7 nitrogen and oxygen atoms in total. The third-order valence-corrected chi connectivity index (χ3v) is 5.09. The van der Waals surface area contributed by atoms with E-state index in [1.165, 1.54) is 7.11 Å². The number of esters is 1. The minimum absolute atomic E-state index is 0.206. The first-order chi connectivity index (χ1) is 13.6. The molecule has 0 bridgehead atoms. The van der Waals surface area contributed by atoms with Crippen LogP contribution in [0.4, 0.5) is 0 Å². The lowest BCUT2D eigenvalue weighted by atomic mass is 9.98. The number of rotatable bonds is 7. The molecule has 2 unspecified atom stereocenters. The summed E-state index contributed by atoms with van der Waals surface area (Å²) in [5.74, 6) is -1.05. The largest absolute Gasteiger partial charge is 0.469 e. The molecule has 1 amide bonds. The van der Waals surface area contributed by atoms with Crippen molar-refractivity contribution in [3.8, 4) is 0 Å². The third-order valence-electron chi connectivity index (χ3n) is 5.09. The summed E-state index contributed by atoms with van der Waals surface area (Å²) in [5, 5.41) is 10.6. The molecule has 150 valence electrons. The molecule has 1 aromatic heterocycles. The van der Waals surface area contributed by atoms with Crippen LogP contribution in [0.1, 0.15) is 40.5 Å². The molecule has 2 heterocycles. The quantitative estimate of drug-likeness (QED) is 0.712. The standard InChI is InChI=1S/C21H28N4O3/c1-15-5-3-6-16(11-15)12-17(21(27)28-2)13-23-20(26)19-8-10-25(24-19)18-7-4-9-22-14-18/h3,5-6,8,10-11,17-18,22H,4,7,9,12-14H2,1-2H3,(H,23,26). The Labute approximate surface area is 165 Å². The van der Waals surface area contributed by atoms with Gasteiger partial charge in [0.15, 0.2) is 0 Å². The van der Waals surface area contributed by atoms with E-state index in [9.17, 15) is 9.59 Å². The van der Waals surface area contributed by atoms with E-state index >= 15 is 0 Å². The van der Waals surface area contributed by atoms with E-state index in [-0.39, 0.29) is 24.5 Å². The van der Waals surface area contributed by atoms with Crippen LogP contribution in [0.3, 0.4) is 0 Å². The fourth-order valence-electron chi connectivity index (χ4n) is 3.56. The van der Waals surface area contributed by atoms with Crippen LogP contribution in [0.25, 0.3) is 0 Å². The van der Waals surface area contributed by atoms with Crippen molar-refractivity contribution in [1.29, 1.82) is 0 Å². The van der Waals surface area contributed by atoms with Crippen LogP contribution in [0, 0.1) is 12.8 Å². The second kappa shape index (κ2) is 9.50. The number of hydrogen-bond acceptors (Lipinski definition) is 5. The molecule has 7 heteroatoms. The molecule has 0 radical (unpaired) electrons. The second-order valence-corrected chi connectivity index (χ2v) is 7.30. The number of piperidine rings is 1. The normalized spacial score (nSPS) is 17.7. The van der Waals surface area contributed by atoms with Crippen molar-refractivity contribution in [3.63, 3.8) is 0 Å². The Morgan fingerprint density at radius 3 is 2.96 bits per heavy atom. The zero-order valence-electron chi connectivity index (χ0n) is 16.5. The van der Waals surface area contributed by atoms with Crippen LogP contribution < -0.4 is 10.6 Å². The molecule has 2 aromatic rings. The van der Waals surface area contributed by atoms with Gasteiger partial charge < -0.3 is 15.4 Å². The first-order valence-electron chi connectivity index (χ1n) is 9.74. The van der Waals surface area contributed by atoms with Crippen LogP contribution >= 0.6 is 0 Å². The molecule has 3 rings (SSSR count). The smallest absolute Gasteiger partial charge is 0.310 e. The van der Waals surface area contributed by atoms with Crippen molar-refractivity contribution in [2.75, 3.05) is 26.7 Å². The molecule has 1 aromatic carbocycles. The van der Waals surface area contributed by atoms with E-state index in [1.54, 1.807) is 6.07 Å². The van der Waals surface area contributed by atoms with Gasteiger partial charge in [0.1, 0.15) is 5.69 Å². The van der Waals surface area contributed by atoms with Gasteiger partial charge in [0, 0.05) is 19.3 Å². The molecule has 2 N–H and O–H groups in total. The molecule has 0 aliphatic carbocycles. The summed E-state index contributed by atoms with van der Waals surface area (Å²) in [6.07, 6.45) is 4.51. The number of hydrogen-bond donors (Lipinski definition) is 2. The van der Waals surface area contributed by atoms with Crippen molar-refractivity contribution in [3.05, 3.63) is 53.3 Å². The van der Waals surface area contributed by atoms with Gasteiger partial charge in [-0.25, -0.2) is 0 Å². The fourth-order valence-corrected chi connectivity index (χ4v) is 3.56. The maximum absolute atomic E-state index is 12.5. The Bertz CT molecular complexity index is 811. The van der Waals surface area contributed by atoms with E-state index in [1.807, 2.05) is 42.1 Å². The number of carbonyl (C=O) groups excluding carboxylic acids is 2. The van der Waals surface area contributed by atoms with Gasteiger partial charge in [-0.1, -0.05) is 29.8 Å². The molecule has 1 aliphatic rings. The highest BCUT2D eigenvalue weighted by atomic mass is 16.5. The lowest BCUT2D eigenvalue weighted by Crippen LogP contribution is -2.35. The van der Waals surface area contributed by atoms with Gasteiger partial charge in [0.05, 0.1) is 19.1 Å². The number of carbonyl (C=O) groups is 2. The monoisotopic (exact) mass is 384 g/mol. The Morgan fingerprint density at radius 2 is 2.25 bits per heavy atom. The highest BCUT2D eigenvalue weighted by molar-refractivity contribution is 5.92. The number of nitrogens with zero attached hydrogens (tertiary/aromatic N) is 2. The number of aromatic nitrogens is 2. The van der Waals surface area contributed by atoms with Crippen LogP contribution in [-0.4, -0.2) is 48.4 Å². The van der Waals surface area contributed by atoms with Gasteiger partial charge >= 0.3 is 5.97 Å². The van der Waals surface area contributed by atoms with E-state index in [2.05, 4.69) is 15.7 Å². The highest BCUT2D eigenvalue weighted by Crippen LogP contribution is 2.16. The van der Waals surface area contributed by atoms with Crippen molar-refractivity contribution >= 4 is 11.9 Å². The molecule has 1 saturated heterocycles. The first kappa shape index (κ1) is 20.1. The SMILES string of the molecule is COC(=O)C(CNC(=O)c1ccn(C2CCCNC2)n1)Cc1cccc(C)c1. The van der Waals surface area contributed by atoms with Gasteiger partial charge in [-0.2, -0.15) is 5.10 Å². The number of benzene rings is 1. The Morgan fingerprint density at radius 1 is 1.39 bits per heavy atom. The molecule has 1 fully saturated rings. The summed E-state index contributed by atoms with van der Waals surface area (Å²) in [4.78, 5) is 24.7. The predicted octanol–water partition coefficient (Wildman–Crippen LogP) is 1.88. The number of methoxy groups -OCH3 is 1. The Kier molecular flexibility index (Phi) is 6.81. The molecular formula is C21H28N4O3. The van der Waals surface area contributed by atoms with Gasteiger partial charge in [-0.3, -0.25) is 14.3 Å². The second-order valence-electron chi connectivity index (χ2n) is 7.30. The molecule has 28 heavy (non-hydrogen) atoms. The minimum atomic E-state index is -0.444. The lowest BCUT2D eigenvalue weighted by Gasteiger charge is -2.22. The van der Waals surface area contributed by atoms with Crippen molar-refractivity contribution < 1.29 is 14.3 Å². The summed E-state index contributed by atoms with van der Waals surface area (Å²) in [6.45, 7) is 4.11. The van der Waals surface area contributed by atoms with E-state index < -0.39 is 5.92 Å². The minimum Gasteiger partial charge on any atom is -0.469 e. The summed E-state index contributed by atoms with van der Waals surface area (Å²) >= 11 is 0. The molecule has 0 saturated carbocycles. The average molecular weight is 384 g/mol. The summed E-state index contributed by atoms with van der Waals surface area (Å²) in [5.41, 5.74) is 2.54. The Balaban J connectivity index is 1.60. The van der Waals surface area contributed by atoms with Crippen LogP contribution in [0.5, 0.6) is 0 Å². The van der Waals surface area contributed by atoms with Crippen molar-refractivity contribution in [2.45, 2.75) is 32.2 Å². The number of nitrogens with one attached hydrogen (secondary N) is 2. The van der Waals surface area contributed by atoms with Gasteiger partial charge in [-0.15, -0.1) is 0 Å². The molecule has 0 spiro atoms. The maximum Gasteiger partial charge on any atom is 0.310 e. The maximum atomic E-state index is 12.5. The number of amides is 1. The van der Waals surface area contributed by atoms with Crippen LogP contribution in [0.15, 0.2) is 36.5 Å². The lowest BCUT2D eigenvalue weighted by molar-refractivity contribution is -0.145. The van der Waals surface area contributed by atoms with Gasteiger partial charge in [0.2, 0.25) is 0 Å². The Hall–Kier alpha value is -2.67. The zero-order chi connectivity index (χ0) is 19.9. The molecule has 2 atom stereocenters. The summed E-state index contributed by atoms with van der Waals surface area (Å²) in [6, 6.07) is 9.99. The van der Waals surface area contributed by atoms with Crippen LogP contribution in [-0.2, 0) is 16.0 Å². The van der Waals surface area contributed by atoms with E-state index in [0.717, 1.165) is 37.1 Å². The summed E-state index contributed by atoms with van der Waals surface area (Å²) in [7, 11) is 1.37. The van der Waals surface area contributed by atoms with Crippen LogP contribution in [0.2, 0.25) is 0 Å². The van der Waals surface area contributed by atoms with Crippen molar-refractivity contribution in [2.24, 2.45) is 5.92 Å². The predicted molar refractivity (Wildman–Crippen MR) is 106 cm³/mol. The summed E-state index contributed by atoms with van der Waals surface area (Å²) < 4.78 is 6.77. The number of ether oxygens (including phenoxy) is 1. The third kappa shape index (κ3) is 5.19. The first-order valence-corrected chi connectivity index (χ1v) is 9.74. The van der Waals surface area contributed by atoms with E-state index in [0.29, 0.717) is 12.1 Å². The van der Waals surface area contributed by atoms with Gasteiger partial charge in [-0.05, 0) is 44.4 Å². The van der Waals surface area contributed by atoms with E-state index in [4.69, 9.17) is 4.74 Å². The fraction of sp³-hybridized carbons (Fsp3) is 0.476. The van der Waals surface area contributed by atoms with Gasteiger partial charge in [0.25, 0.3) is 5.91 Å². The van der Waals surface area contributed by atoms with Crippen molar-refractivity contribution in [1.82, 2.24) is 20.4 Å². The topological polar surface area (TPSA) is 85.2 Å². The molecular weight excluding hydrogens is 356 g/mol. The zero-order valence-corrected chi connectivity index (χ0v) is 16.5. The number of aryl methyl sites for hydroxylation is 1. The highest BCUT2D eigenvalue weighted by Gasteiger charge is 2.22. The molecule has 1 aliphatic heterocycles. The average Bonchev–Trinajstić information content (AvgIpc) is 3.21.